The lowest BCUT2D eigenvalue weighted by Gasteiger charge is -2.48. The minimum atomic E-state index is -1.98. The zero-order valence-corrected chi connectivity index (χ0v) is 73.0. The number of hydrogen-bond donors (Lipinski definition) is 12. The highest BCUT2D eigenvalue weighted by Gasteiger charge is 2.54. The molecule has 0 spiro atoms. The van der Waals surface area contributed by atoms with Crippen LogP contribution in [0.2, 0.25) is 0 Å². The van der Waals surface area contributed by atoms with Gasteiger partial charge in [0, 0.05) is 6.42 Å². The molecule has 3 rings (SSSR count). The van der Waals surface area contributed by atoms with Crippen LogP contribution in [0, 0.1) is 0 Å². The van der Waals surface area contributed by atoms with Crippen molar-refractivity contribution in [3.63, 3.8) is 0 Å². The normalized spacial score (nSPS) is 24.9. The van der Waals surface area contributed by atoms with Crippen molar-refractivity contribution in [1.29, 1.82) is 0 Å². The zero-order valence-electron chi connectivity index (χ0n) is 73.0. The molecule has 3 heterocycles. The first-order chi connectivity index (χ1) is 56.8. The Bertz CT molecular complexity index is 2470. The van der Waals surface area contributed by atoms with Crippen LogP contribution in [0.3, 0.4) is 0 Å². The summed E-state index contributed by atoms with van der Waals surface area (Å²) in [6.07, 6.45) is 78.5. The molecule has 116 heavy (non-hydrogen) atoms. The Kier molecular flexibility index (Phi) is 69.5. The molecule has 12 N–H and O–H groups in total. The van der Waals surface area contributed by atoms with Gasteiger partial charge in [-0.15, -0.1) is 0 Å². The molecule has 19 heteroatoms. The number of amides is 1. The largest absolute Gasteiger partial charge is 0.394 e. The van der Waals surface area contributed by atoms with Gasteiger partial charge in [-0.2, -0.15) is 0 Å². The summed E-state index contributed by atoms with van der Waals surface area (Å²) in [5, 5.41) is 121. The predicted octanol–water partition coefficient (Wildman–Crippen LogP) is 19.0. The number of carbonyl (C=O) groups excluding carboxylic acids is 1. The number of hydrogen-bond acceptors (Lipinski definition) is 18. The summed E-state index contributed by atoms with van der Waals surface area (Å²) in [4.78, 5) is 13.5. The lowest BCUT2D eigenvalue weighted by molar-refractivity contribution is -0.379. The van der Waals surface area contributed by atoms with Crippen LogP contribution in [-0.4, -0.2) is 193 Å². The van der Waals surface area contributed by atoms with Gasteiger partial charge in [0.2, 0.25) is 5.91 Å². The van der Waals surface area contributed by atoms with E-state index in [4.69, 9.17) is 28.4 Å². The number of rotatable bonds is 77. The third-order valence-corrected chi connectivity index (χ3v) is 23.1. The first-order valence-corrected chi connectivity index (χ1v) is 47.5. The first-order valence-electron chi connectivity index (χ1n) is 47.5. The Morgan fingerprint density at radius 3 is 0.931 bits per heavy atom. The molecular weight excluding hydrogens is 1470 g/mol. The second-order valence-corrected chi connectivity index (χ2v) is 33.5. The average Bonchev–Trinajstić information content (AvgIpc) is 0.783. The molecule has 0 bridgehead atoms. The Hall–Kier alpha value is -3.29. The Balaban J connectivity index is 1.30. The molecule has 0 radical (unpaired) electrons. The number of unbranched alkanes of at least 4 members (excludes halogenated alkanes) is 47. The van der Waals surface area contributed by atoms with Gasteiger partial charge < -0.3 is 89.9 Å². The van der Waals surface area contributed by atoms with E-state index in [1.165, 1.54) is 263 Å². The Morgan fingerprint density at radius 1 is 0.319 bits per heavy atom. The molecule has 19 nitrogen and oxygen atoms in total. The molecule has 3 aliphatic rings. The van der Waals surface area contributed by atoms with Gasteiger partial charge >= 0.3 is 0 Å². The number of carbonyl (C=O) groups is 1. The van der Waals surface area contributed by atoms with Crippen LogP contribution >= 0.6 is 0 Å². The molecule has 3 aliphatic heterocycles. The van der Waals surface area contributed by atoms with Gasteiger partial charge in [0.25, 0.3) is 0 Å². The monoisotopic (exact) mass is 1640 g/mol. The van der Waals surface area contributed by atoms with Crippen molar-refractivity contribution in [3.8, 4) is 0 Å². The van der Waals surface area contributed by atoms with Crippen molar-refractivity contribution in [2.45, 2.75) is 484 Å². The van der Waals surface area contributed by atoms with E-state index < -0.39 is 124 Å². The van der Waals surface area contributed by atoms with Crippen LogP contribution in [0.25, 0.3) is 0 Å². The van der Waals surface area contributed by atoms with E-state index in [9.17, 15) is 61.0 Å². The summed E-state index contributed by atoms with van der Waals surface area (Å²) in [6.45, 7) is 1.68. The molecule has 0 saturated carbocycles. The van der Waals surface area contributed by atoms with Gasteiger partial charge in [-0.05, 0) is 77.0 Å². The van der Waals surface area contributed by atoms with Crippen LogP contribution in [0.1, 0.15) is 380 Å². The highest BCUT2D eigenvalue weighted by Crippen LogP contribution is 2.34. The van der Waals surface area contributed by atoms with Gasteiger partial charge in [-0.25, -0.2) is 0 Å². The fourth-order valence-electron chi connectivity index (χ4n) is 15.6. The molecule has 1 amide bonds. The van der Waals surface area contributed by atoms with Crippen molar-refractivity contribution in [2.75, 3.05) is 26.4 Å². The van der Waals surface area contributed by atoms with Crippen molar-refractivity contribution >= 4 is 5.91 Å². The summed E-state index contributed by atoms with van der Waals surface area (Å²) < 4.78 is 34.6. The Morgan fingerprint density at radius 2 is 0.595 bits per heavy atom. The molecule has 0 aromatic carbocycles. The highest BCUT2D eigenvalue weighted by atomic mass is 16.8. The quantitative estimate of drug-likeness (QED) is 0.0199. The van der Waals surface area contributed by atoms with Crippen LogP contribution in [-0.2, 0) is 33.2 Å². The summed E-state index contributed by atoms with van der Waals surface area (Å²) in [7, 11) is 0. The molecule has 674 valence electrons. The van der Waals surface area contributed by atoms with Crippen molar-refractivity contribution in [3.05, 3.63) is 97.2 Å². The van der Waals surface area contributed by atoms with Crippen molar-refractivity contribution in [2.24, 2.45) is 0 Å². The topological polar surface area (TPSA) is 307 Å². The molecule has 0 aromatic rings. The molecule has 17 unspecified atom stereocenters. The fraction of sp³-hybridized carbons (Fsp3) is 0.825. The second-order valence-electron chi connectivity index (χ2n) is 33.5. The third kappa shape index (κ3) is 52.9. The van der Waals surface area contributed by atoms with Crippen LogP contribution < -0.4 is 5.32 Å². The number of ether oxygens (including phenoxy) is 6. The average molecular weight is 1640 g/mol. The molecule has 3 fully saturated rings. The summed E-state index contributed by atoms with van der Waals surface area (Å²) in [6, 6.07) is -0.978. The summed E-state index contributed by atoms with van der Waals surface area (Å²) in [5.74, 6) is -0.271. The smallest absolute Gasteiger partial charge is 0.220 e. The van der Waals surface area contributed by atoms with Crippen LogP contribution in [0.4, 0.5) is 0 Å². The number of nitrogens with one attached hydrogen (secondary N) is 1. The number of aliphatic hydroxyl groups excluding tert-OH is 11. The maximum Gasteiger partial charge on any atom is 0.220 e. The van der Waals surface area contributed by atoms with Gasteiger partial charge in [-0.3, -0.25) is 4.79 Å². The zero-order chi connectivity index (χ0) is 83.8. The highest BCUT2D eigenvalue weighted by molar-refractivity contribution is 5.76. The number of aliphatic hydroxyl groups is 11. The van der Waals surface area contributed by atoms with Crippen molar-refractivity contribution in [1.82, 2.24) is 5.32 Å². The van der Waals surface area contributed by atoms with E-state index in [1.54, 1.807) is 6.08 Å². The van der Waals surface area contributed by atoms with E-state index in [0.29, 0.717) is 6.42 Å². The molecule has 0 aromatic heterocycles. The minimum absolute atomic E-state index is 0.243. The van der Waals surface area contributed by atoms with Crippen molar-refractivity contribution < 1.29 is 89.4 Å². The molecule has 0 aliphatic carbocycles. The predicted molar refractivity (Wildman–Crippen MR) is 471 cm³/mol. The first kappa shape index (κ1) is 107. The van der Waals surface area contributed by atoms with E-state index >= 15 is 0 Å². The summed E-state index contributed by atoms with van der Waals surface area (Å²) in [5.41, 5.74) is 0. The lowest BCUT2D eigenvalue weighted by Crippen LogP contribution is -2.66. The van der Waals surface area contributed by atoms with Gasteiger partial charge in [-0.1, -0.05) is 394 Å². The van der Waals surface area contributed by atoms with E-state index in [-0.39, 0.29) is 18.9 Å². The maximum absolute atomic E-state index is 13.5. The van der Waals surface area contributed by atoms with E-state index in [2.05, 4.69) is 104 Å². The van der Waals surface area contributed by atoms with E-state index in [0.717, 1.165) is 89.9 Å². The molecule has 3 saturated heterocycles. The maximum atomic E-state index is 13.5. The van der Waals surface area contributed by atoms with Gasteiger partial charge in [0.1, 0.15) is 73.2 Å². The van der Waals surface area contributed by atoms with Crippen LogP contribution in [0.5, 0.6) is 0 Å². The van der Waals surface area contributed by atoms with Gasteiger partial charge in [0.05, 0.1) is 38.6 Å². The molecular formula is C97H173NO18. The Labute approximate surface area is 704 Å². The minimum Gasteiger partial charge on any atom is -0.394 e. The fourth-order valence-corrected chi connectivity index (χ4v) is 15.6. The third-order valence-electron chi connectivity index (χ3n) is 23.1. The summed E-state index contributed by atoms with van der Waals surface area (Å²) >= 11 is 0. The van der Waals surface area contributed by atoms with Gasteiger partial charge in [0.15, 0.2) is 18.9 Å². The van der Waals surface area contributed by atoms with Crippen LogP contribution in [0.15, 0.2) is 97.2 Å². The standard InChI is InChI=1S/C97H173NO18/c1-3-5-7-9-11-13-15-17-19-21-23-25-27-29-31-33-35-36-37-38-39-40-41-42-43-44-45-47-49-51-53-55-57-59-61-63-65-67-69-71-73-75-85(103)98-80(81(102)74-72-70-68-66-64-62-60-58-56-54-52-50-48-46-34-32-30-28-26-24-22-20-18-16-14-12-10-8-6-4-2)79-111-95-91(109)88(106)93(83(77-100)113-95)116-97-92(110)89(107)94(84(78-101)114-97)115-96-90(108)87(105)86(104)82(76-99)112-96/h5,7,11,13,17,19,23,25,29,31,35-36,38-39,72,74,80-84,86-97,99-102,104-110H,3-4,6,8-10,12,14-16,18,20-22,24,26-28,30,32-34,37,40-71,73,75-79H2,1-2H3,(H,98,103)/b7-5-,13-11-,19-17-,25-23-,31-29-,36-35-,39-38-,74-72+. The molecule has 17 atom stereocenters. The SMILES string of the molecule is CC/C=C\C/C=C\C/C=C\C/C=C\C/C=C\C/C=C\C/C=C\CCCCCCCCCCCCCCCCCCCCCC(=O)NC(COC1OC(CO)C(OC2OC(CO)C(OC3OC(CO)C(O)C(O)C3O)C(O)C2O)C(O)C1O)C(O)/C=C/CCCCCCCCCCCCCCCCCCCCCCCCCCCCCC. The van der Waals surface area contributed by atoms with E-state index in [1.807, 2.05) is 6.08 Å². The lowest BCUT2D eigenvalue weighted by atomic mass is 9.96. The second kappa shape index (κ2) is 75.5. The number of allylic oxidation sites excluding steroid dienone is 15.